The smallest absolute Gasteiger partial charge is 0.243 e. The van der Waals surface area contributed by atoms with Gasteiger partial charge in [0, 0.05) is 19.3 Å². The zero-order valence-corrected chi connectivity index (χ0v) is 11.8. The lowest BCUT2D eigenvalue weighted by atomic mass is 10.1. The second kappa shape index (κ2) is 6.47. The molecule has 1 aromatic rings. The number of piperazine rings is 1. The number of pyridine rings is 1. The number of carbonyl (C=O) groups excluding carboxylic acids is 2. The molecule has 1 unspecified atom stereocenters. The predicted octanol–water partition coefficient (Wildman–Crippen LogP) is 0.750. The van der Waals surface area contributed by atoms with Gasteiger partial charge in [0.15, 0.2) is 0 Å². The summed E-state index contributed by atoms with van der Waals surface area (Å²) in [6.07, 6.45) is 2.77. The zero-order valence-electron chi connectivity index (χ0n) is 11.8. The highest BCUT2D eigenvalue weighted by Gasteiger charge is 2.29. The van der Waals surface area contributed by atoms with Crippen molar-refractivity contribution in [3.8, 4) is 0 Å². The number of carbonyl (C=O) groups is 2. The lowest BCUT2D eigenvalue weighted by molar-refractivity contribution is -0.139. The van der Waals surface area contributed by atoms with Crippen molar-refractivity contribution in [2.75, 3.05) is 18.4 Å². The van der Waals surface area contributed by atoms with Crippen molar-refractivity contribution in [3.63, 3.8) is 0 Å². The van der Waals surface area contributed by atoms with Crippen LogP contribution in [0.15, 0.2) is 18.3 Å². The van der Waals surface area contributed by atoms with Crippen molar-refractivity contribution in [3.05, 3.63) is 23.9 Å². The van der Waals surface area contributed by atoms with E-state index in [0.29, 0.717) is 6.54 Å². The van der Waals surface area contributed by atoms with E-state index in [1.807, 2.05) is 17.0 Å². The molecule has 1 aromatic heterocycles. The predicted molar refractivity (Wildman–Crippen MR) is 76.0 cm³/mol. The summed E-state index contributed by atoms with van der Waals surface area (Å²) < 4.78 is 0. The van der Waals surface area contributed by atoms with Gasteiger partial charge in [0.05, 0.1) is 12.6 Å². The Morgan fingerprint density at radius 3 is 3.05 bits per heavy atom. The van der Waals surface area contributed by atoms with E-state index in [4.69, 9.17) is 0 Å². The molecule has 1 fully saturated rings. The van der Waals surface area contributed by atoms with Gasteiger partial charge in [-0.3, -0.25) is 19.8 Å². The van der Waals surface area contributed by atoms with E-state index in [0.717, 1.165) is 24.3 Å². The summed E-state index contributed by atoms with van der Waals surface area (Å²) in [5.41, 5.74) is 1.04. The summed E-state index contributed by atoms with van der Waals surface area (Å²) in [6, 6.07) is 3.56. The van der Waals surface area contributed by atoms with Gasteiger partial charge < -0.3 is 5.32 Å². The third-order valence-corrected chi connectivity index (χ3v) is 3.30. The van der Waals surface area contributed by atoms with Crippen molar-refractivity contribution in [2.24, 2.45) is 0 Å². The lowest BCUT2D eigenvalue weighted by Gasteiger charge is -2.31. The van der Waals surface area contributed by atoms with E-state index in [1.54, 1.807) is 13.1 Å². The van der Waals surface area contributed by atoms with Crippen LogP contribution in [0.5, 0.6) is 0 Å². The second-order valence-electron chi connectivity index (χ2n) is 4.97. The van der Waals surface area contributed by atoms with E-state index in [1.165, 1.54) is 0 Å². The number of amides is 2. The first kappa shape index (κ1) is 14.5. The Hall–Kier alpha value is -1.95. The maximum atomic E-state index is 11.6. The van der Waals surface area contributed by atoms with Crippen LogP contribution in [-0.4, -0.2) is 40.8 Å². The number of nitrogens with one attached hydrogen (secondary N) is 2. The van der Waals surface area contributed by atoms with Gasteiger partial charge in [0.1, 0.15) is 5.82 Å². The number of aromatic nitrogens is 1. The molecule has 6 nitrogen and oxygen atoms in total. The molecule has 1 saturated heterocycles. The minimum absolute atomic E-state index is 0.236. The van der Waals surface area contributed by atoms with Crippen molar-refractivity contribution >= 4 is 17.6 Å². The number of hydrogen-bond acceptors (Lipinski definition) is 5. The molecule has 108 valence electrons. The highest BCUT2D eigenvalue weighted by molar-refractivity contribution is 6.00. The fourth-order valence-corrected chi connectivity index (χ4v) is 2.12. The van der Waals surface area contributed by atoms with Crippen LogP contribution in [0.25, 0.3) is 0 Å². The van der Waals surface area contributed by atoms with Crippen molar-refractivity contribution in [2.45, 2.75) is 32.9 Å². The van der Waals surface area contributed by atoms with Gasteiger partial charge in [0.25, 0.3) is 0 Å². The Kier molecular flexibility index (Phi) is 4.68. The Labute approximate surface area is 118 Å². The third kappa shape index (κ3) is 3.54. The molecular weight excluding hydrogens is 256 g/mol. The van der Waals surface area contributed by atoms with Gasteiger partial charge in [-0.1, -0.05) is 6.92 Å². The monoisotopic (exact) mass is 276 g/mol. The van der Waals surface area contributed by atoms with E-state index >= 15 is 0 Å². The summed E-state index contributed by atoms with van der Waals surface area (Å²) in [6.45, 7) is 5.57. The molecule has 1 aliphatic heterocycles. The van der Waals surface area contributed by atoms with Gasteiger partial charge in [0.2, 0.25) is 11.8 Å². The molecule has 0 aliphatic carbocycles. The van der Waals surface area contributed by atoms with Gasteiger partial charge >= 0.3 is 0 Å². The summed E-state index contributed by atoms with van der Waals surface area (Å²) in [5, 5.41) is 5.56. The van der Waals surface area contributed by atoms with E-state index in [9.17, 15) is 9.59 Å². The fourth-order valence-electron chi connectivity index (χ4n) is 2.12. The van der Waals surface area contributed by atoms with Crippen LogP contribution in [0.2, 0.25) is 0 Å². The molecular formula is C14H20N4O2. The van der Waals surface area contributed by atoms with Gasteiger partial charge in [-0.15, -0.1) is 0 Å². The number of nitrogens with zero attached hydrogens (tertiary/aromatic N) is 2. The normalized spacial score (nSPS) is 19.8. The van der Waals surface area contributed by atoms with Gasteiger partial charge in [-0.05, 0) is 31.0 Å². The molecule has 0 aromatic carbocycles. The molecule has 0 saturated carbocycles. The van der Waals surface area contributed by atoms with Crippen LogP contribution in [0.3, 0.4) is 0 Å². The topological polar surface area (TPSA) is 74.3 Å². The number of imide groups is 1. The van der Waals surface area contributed by atoms with Crippen molar-refractivity contribution in [1.29, 1.82) is 0 Å². The fraction of sp³-hybridized carbons (Fsp3) is 0.500. The largest absolute Gasteiger partial charge is 0.370 e. The molecule has 0 radical (unpaired) electrons. The maximum Gasteiger partial charge on any atom is 0.243 e. The number of hydrogen-bond donors (Lipinski definition) is 2. The first-order valence-corrected chi connectivity index (χ1v) is 6.86. The molecule has 0 bridgehead atoms. The molecule has 20 heavy (non-hydrogen) atoms. The van der Waals surface area contributed by atoms with Crippen molar-refractivity contribution in [1.82, 2.24) is 15.2 Å². The summed E-state index contributed by atoms with van der Waals surface area (Å²) >= 11 is 0. The van der Waals surface area contributed by atoms with Crippen LogP contribution in [-0.2, 0) is 16.1 Å². The minimum atomic E-state index is -0.298. The molecule has 2 N–H and O–H groups in total. The third-order valence-electron chi connectivity index (χ3n) is 3.30. The molecule has 2 rings (SSSR count). The van der Waals surface area contributed by atoms with E-state index in [-0.39, 0.29) is 24.4 Å². The Balaban J connectivity index is 2.05. The molecule has 2 amide bonds. The molecule has 1 aliphatic rings. The number of rotatable bonds is 5. The van der Waals surface area contributed by atoms with Crippen molar-refractivity contribution < 1.29 is 9.59 Å². The quantitative estimate of drug-likeness (QED) is 0.776. The standard InChI is InChI=1S/C14H20N4O2/c1-3-5-15-12-7-11(4-6-16-12)8-18-9-13(19)17-14(20)10(18)2/h4,6-7,10H,3,5,8-9H2,1-2H3,(H,15,16)(H,17,19,20). The van der Waals surface area contributed by atoms with Crippen LogP contribution < -0.4 is 10.6 Å². The molecule has 6 heteroatoms. The average Bonchev–Trinajstić information content (AvgIpc) is 2.42. The van der Waals surface area contributed by atoms with Gasteiger partial charge in [-0.25, -0.2) is 4.98 Å². The Bertz CT molecular complexity index is 504. The van der Waals surface area contributed by atoms with Gasteiger partial charge in [-0.2, -0.15) is 0 Å². The SMILES string of the molecule is CCCNc1cc(CN2CC(=O)NC(=O)C2C)ccn1. The summed E-state index contributed by atoms with van der Waals surface area (Å²) in [5.74, 6) is 0.343. The molecule has 2 heterocycles. The second-order valence-corrected chi connectivity index (χ2v) is 4.97. The summed E-state index contributed by atoms with van der Waals surface area (Å²) in [7, 11) is 0. The lowest BCUT2D eigenvalue weighted by Crippen LogP contribution is -2.56. The molecule has 1 atom stereocenters. The van der Waals surface area contributed by atoms with Crippen LogP contribution in [0.4, 0.5) is 5.82 Å². The average molecular weight is 276 g/mol. The van der Waals surface area contributed by atoms with Crippen LogP contribution >= 0.6 is 0 Å². The van der Waals surface area contributed by atoms with E-state index in [2.05, 4.69) is 22.5 Å². The minimum Gasteiger partial charge on any atom is -0.370 e. The maximum absolute atomic E-state index is 11.6. The van der Waals surface area contributed by atoms with Crippen LogP contribution in [0, 0.1) is 0 Å². The van der Waals surface area contributed by atoms with E-state index < -0.39 is 0 Å². The zero-order chi connectivity index (χ0) is 14.5. The highest BCUT2D eigenvalue weighted by Crippen LogP contribution is 2.13. The van der Waals surface area contributed by atoms with Crippen LogP contribution in [0.1, 0.15) is 25.8 Å². The summed E-state index contributed by atoms with van der Waals surface area (Å²) in [4.78, 5) is 29.1. The highest BCUT2D eigenvalue weighted by atomic mass is 16.2. The Morgan fingerprint density at radius 1 is 1.50 bits per heavy atom. The first-order chi connectivity index (χ1) is 9.60. The molecule has 0 spiro atoms. The first-order valence-electron chi connectivity index (χ1n) is 6.86. The Morgan fingerprint density at radius 2 is 2.30 bits per heavy atom. The number of anilines is 1.